The van der Waals surface area contributed by atoms with Crippen LogP contribution < -0.4 is 0 Å². The van der Waals surface area contributed by atoms with Gasteiger partial charge in [0.1, 0.15) is 0 Å². The van der Waals surface area contributed by atoms with Gasteiger partial charge in [-0.1, -0.05) is 30.3 Å². The highest BCUT2D eigenvalue weighted by molar-refractivity contribution is 5.76. The van der Waals surface area contributed by atoms with E-state index in [0.29, 0.717) is 13.2 Å². The molecular weight excluding hydrogens is 268 g/mol. The van der Waals surface area contributed by atoms with Crippen LogP contribution in [0.4, 0.5) is 0 Å². The summed E-state index contributed by atoms with van der Waals surface area (Å²) in [5.74, 6) is -0.226. The maximum atomic E-state index is 11.8. The van der Waals surface area contributed by atoms with Gasteiger partial charge in [-0.05, 0) is 32.3 Å². The molecule has 2 rings (SSSR count). The molecule has 116 valence electrons. The second kappa shape index (κ2) is 7.05. The molecule has 1 fully saturated rings. The van der Waals surface area contributed by atoms with Crippen molar-refractivity contribution in [3.63, 3.8) is 0 Å². The first-order valence-electron chi connectivity index (χ1n) is 7.39. The summed E-state index contributed by atoms with van der Waals surface area (Å²) in [4.78, 5) is 11.8. The van der Waals surface area contributed by atoms with Crippen LogP contribution in [0.3, 0.4) is 0 Å². The molecule has 0 N–H and O–H groups in total. The number of hydrogen-bond donors (Lipinski definition) is 0. The second-order valence-electron chi connectivity index (χ2n) is 6.03. The highest BCUT2D eigenvalue weighted by Gasteiger charge is 2.41. The summed E-state index contributed by atoms with van der Waals surface area (Å²) in [5.41, 5.74) is 0.550. The number of rotatable bonds is 5. The van der Waals surface area contributed by atoms with Crippen molar-refractivity contribution in [2.45, 2.75) is 45.5 Å². The Morgan fingerprint density at radius 3 is 2.57 bits per heavy atom. The second-order valence-corrected chi connectivity index (χ2v) is 6.03. The lowest BCUT2D eigenvalue weighted by atomic mass is 9.82. The third-order valence-corrected chi connectivity index (χ3v) is 4.08. The molecule has 21 heavy (non-hydrogen) atoms. The smallest absolute Gasteiger partial charge is 0.313 e. The van der Waals surface area contributed by atoms with E-state index < -0.39 is 5.41 Å². The van der Waals surface area contributed by atoms with E-state index in [-0.39, 0.29) is 18.2 Å². The molecule has 1 aliphatic heterocycles. The normalized spacial score (nSPS) is 22.8. The third-order valence-electron chi connectivity index (χ3n) is 4.08. The van der Waals surface area contributed by atoms with Gasteiger partial charge in [-0.15, -0.1) is 0 Å². The Balaban J connectivity index is 1.79. The number of methoxy groups -OCH3 is 1. The van der Waals surface area contributed by atoms with Crippen LogP contribution in [0.25, 0.3) is 0 Å². The summed E-state index contributed by atoms with van der Waals surface area (Å²) >= 11 is 0. The van der Waals surface area contributed by atoms with Crippen molar-refractivity contribution in [1.29, 1.82) is 0 Å². The summed E-state index contributed by atoms with van der Waals surface area (Å²) < 4.78 is 16.6. The number of carbonyl (C=O) groups is 1. The Morgan fingerprint density at radius 1 is 1.29 bits per heavy atom. The maximum absolute atomic E-state index is 11.8. The van der Waals surface area contributed by atoms with E-state index in [4.69, 9.17) is 14.2 Å². The van der Waals surface area contributed by atoms with Gasteiger partial charge in [0.05, 0.1) is 37.9 Å². The monoisotopic (exact) mass is 292 g/mol. The maximum Gasteiger partial charge on any atom is 0.313 e. The Hall–Kier alpha value is -1.39. The molecule has 0 bridgehead atoms. The molecule has 1 heterocycles. The van der Waals surface area contributed by atoms with Crippen LogP contribution in [0.15, 0.2) is 30.3 Å². The first-order chi connectivity index (χ1) is 10.0. The van der Waals surface area contributed by atoms with Crippen LogP contribution in [-0.4, -0.2) is 31.9 Å². The highest BCUT2D eigenvalue weighted by Crippen LogP contribution is 2.32. The molecule has 4 heteroatoms. The Morgan fingerprint density at radius 2 is 2.00 bits per heavy atom. The van der Waals surface area contributed by atoms with Gasteiger partial charge in [0, 0.05) is 0 Å². The molecule has 0 aromatic heterocycles. The van der Waals surface area contributed by atoms with Gasteiger partial charge in [-0.3, -0.25) is 4.79 Å². The minimum atomic E-state index is -0.612. The molecule has 1 saturated heterocycles. The Labute approximate surface area is 126 Å². The Bertz CT molecular complexity index is 447. The molecule has 1 aromatic carbocycles. The lowest BCUT2D eigenvalue weighted by Gasteiger charge is -2.37. The Kier molecular flexibility index (Phi) is 5.37. The van der Waals surface area contributed by atoms with Crippen LogP contribution in [-0.2, 0) is 25.6 Å². The predicted molar refractivity (Wildman–Crippen MR) is 79.8 cm³/mol. The molecule has 0 aliphatic carbocycles. The average Bonchev–Trinajstić information content (AvgIpc) is 2.53. The fourth-order valence-electron chi connectivity index (χ4n) is 2.61. The average molecular weight is 292 g/mol. The number of hydrogen-bond acceptors (Lipinski definition) is 4. The zero-order valence-electron chi connectivity index (χ0n) is 13.0. The summed E-state index contributed by atoms with van der Waals surface area (Å²) in [6.07, 6.45) is 1.69. The quantitative estimate of drug-likeness (QED) is 0.783. The largest absolute Gasteiger partial charge is 0.469 e. The number of benzene rings is 1. The van der Waals surface area contributed by atoms with Gasteiger partial charge in [-0.25, -0.2) is 0 Å². The molecule has 2 unspecified atom stereocenters. The van der Waals surface area contributed by atoms with Gasteiger partial charge in [0.2, 0.25) is 0 Å². The first kappa shape index (κ1) is 16.0. The van der Waals surface area contributed by atoms with E-state index in [1.54, 1.807) is 0 Å². The molecular formula is C17H24O4. The van der Waals surface area contributed by atoms with E-state index in [1.807, 2.05) is 44.2 Å². The molecule has 0 spiro atoms. The lowest BCUT2D eigenvalue weighted by Crippen LogP contribution is -2.44. The van der Waals surface area contributed by atoms with Gasteiger partial charge < -0.3 is 14.2 Å². The minimum absolute atomic E-state index is 0.0925. The van der Waals surface area contributed by atoms with Gasteiger partial charge in [-0.2, -0.15) is 0 Å². The van der Waals surface area contributed by atoms with E-state index in [9.17, 15) is 4.79 Å². The van der Waals surface area contributed by atoms with E-state index in [0.717, 1.165) is 18.4 Å². The van der Waals surface area contributed by atoms with E-state index >= 15 is 0 Å². The van der Waals surface area contributed by atoms with Crippen LogP contribution in [0.5, 0.6) is 0 Å². The van der Waals surface area contributed by atoms with Crippen molar-refractivity contribution < 1.29 is 19.0 Å². The molecule has 1 aromatic rings. The van der Waals surface area contributed by atoms with Crippen LogP contribution in [0, 0.1) is 5.41 Å². The van der Waals surface area contributed by atoms with Crippen LogP contribution >= 0.6 is 0 Å². The zero-order valence-corrected chi connectivity index (χ0v) is 13.0. The molecule has 4 nitrogen and oxygen atoms in total. The standard InChI is InChI=1S/C17H24O4/c1-17(2,16(18)19-3)15-10-9-14(12-21-15)20-11-13-7-5-4-6-8-13/h4-8,14-15H,9-12H2,1-3H3. The lowest BCUT2D eigenvalue weighted by molar-refractivity contribution is -0.170. The minimum Gasteiger partial charge on any atom is -0.469 e. The molecule has 0 saturated carbocycles. The van der Waals surface area contributed by atoms with Crippen LogP contribution in [0.2, 0.25) is 0 Å². The highest BCUT2D eigenvalue weighted by atomic mass is 16.5. The van der Waals surface area contributed by atoms with E-state index in [2.05, 4.69) is 0 Å². The van der Waals surface area contributed by atoms with Crippen LogP contribution in [0.1, 0.15) is 32.3 Å². The summed E-state index contributed by atoms with van der Waals surface area (Å²) in [6.45, 7) is 4.86. The van der Waals surface area contributed by atoms with Gasteiger partial charge >= 0.3 is 5.97 Å². The molecule has 0 amide bonds. The summed E-state index contributed by atoms with van der Waals surface area (Å²) in [6, 6.07) is 10.1. The van der Waals surface area contributed by atoms with Crippen molar-refractivity contribution in [3.8, 4) is 0 Å². The summed E-state index contributed by atoms with van der Waals surface area (Å²) in [7, 11) is 1.42. The van der Waals surface area contributed by atoms with Crippen molar-refractivity contribution in [2.24, 2.45) is 5.41 Å². The van der Waals surface area contributed by atoms with Gasteiger partial charge in [0.25, 0.3) is 0 Å². The number of esters is 1. The zero-order chi connectivity index (χ0) is 15.3. The van der Waals surface area contributed by atoms with Crippen molar-refractivity contribution in [1.82, 2.24) is 0 Å². The SMILES string of the molecule is COC(=O)C(C)(C)C1CCC(OCc2ccccc2)CO1. The third kappa shape index (κ3) is 4.05. The number of ether oxygens (including phenoxy) is 3. The van der Waals surface area contributed by atoms with Gasteiger partial charge in [0.15, 0.2) is 0 Å². The molecule has 1 aliphatic rings. The first-order valence-corrected chi connectivity index (χ1v) is 7.39. The van der Waals surface area contributed by atoms with Crippen molar-refractivity contribution >= 4 is 5.97 Å². The van der Waals surface area contributed by atoms with Crippen molar-refractivity contribution in [2.75, 3.05) is 13.7 Å². The van der Waals surface area contributed by atoms with E-state index in [1.165, 1.54) is 7.11 Å². The number of carbonyl (C=O) groups excluding carboxylic acids is 1. The molecule has 0 radical (unpaired) electrons. The van der Waals surface area contributed by atoms with Crippen molar-refractivity contribution in [3.05, 3.63) is 35.9 Å². The summed E-state index contributed by atoms with van der Waals surface area (Å²) in [5, 5.41) is 0. The predicted octanol–water partition coefficient (Wildman–Crippen LogP) is 2.95. The molecule has 2 atom stereocenters. The fraction of sp³-hybridized carbons (Fsp3) is 0.588. The topological polar surface area (TPSA) is 44.8 Å². The fourth-order valence-corrected chi connectivity index (χ4v) is 2.61.